The lowest BCUT2D eigenvalue weighted by Gasteiger charge is -2.23. The summed E-state index contributed by atoms with van der Waals surface area (Å²) < 4.78 is 11.3. The van der Waals surface area contributed by atoms with E-state index in [1.807, 2.05) is 6.07 Å². The summed E-state index contributed by atoms with van der Waals surface area (Å²) in [4.78, 5) is 0. The van der Waals surface area contributed by atoms with Crippen LogP contribution in [0.15, 0.2) is 18.2 Å². The van der Waals surface area contributed by atoms with Crippen molar-refractivity contribution in [3.63, 3.8) is 0 Å². The van der Waals surface area contributed by atoms with E-state index in [0.717, 1.165) is 25.4 Å². The Morgan fingerprint density at radius 2 is 2.25 bits per heavy atom. The zero-order valence-electron chi connectivity index (χ0n) is 9.95. The molecule has 3 nitrogen and oxygen atoms in total. The van der Waals surface area contributed by atoms with E-state index in [2.05, 4.69) is 31.3 Å². The highest BCUT2D eigenvalue weighted by Gasteiger charge is 2.13. The van der Waals surface area contributed by atoms with Gasteiger partial charge in [0, 0.05) is 13.1 Å². The number of aryl methyl sites for hydroxylation is 2. The molecule has 0 saturated carbocycles. The number of hydrogen-bond donors (Lipinski definition) is 1. The average Bonchev–Trinajstić information content (AvgIpc) is 2.32. The number of benzene rings is 1. The van der Waals surface area contributed by atoms with Gasteiger partial charge in [0.2, 0.25) is 0 Å². The summed E-state index contributed by atoms with van der Waals surface area (Å²) in [6.07, 6.45) is 0.176. The first kappa shape index (κ1) is 11.4. The van der Waals surface area contributed by atoms with Gasteiger partial charge in [-0.3, -0.25) is 0 Å². The molecule has 0 aliphatic carbocycles. The molecular weight excluding hydrogens is 202 g/mol. The van der Waals surface area contributed by atoms with Gasteiger partial charge < -0.3 is 14.8 Å². The second-order valence-corrected chi connectivity index (χ2v) is 4.25. The quantitative estimate of drug-likeness (QED) is 0.842. The molecular formula is C13H19NO2. The Bertz CT molecular complexity index is 346. The van der Waals surface area contributed by atoms with Gasteiger partial charge >= 0.3 is 0 Å². The van der Waals surface area contributed by atoms with Crippen LogP contribution in [-0.2, 0) is 4.74 Å². The Morgan fingerprint density at radius 1 is 1.38 bits per heavy atom. The number of nitrogens with one attached hydrogen (secondary N) is 1. The van der Waals surface area contributed by atoms with Crippen LogP contribution in [0.5, 0.6) is 5.75 Å². The lowest BCUT2D eigenvalue weighted by molar-refractivity contribution is 0.000183. The lowest BCUT2D eigenvalue weighted by Crippen LogP contribution is -2.41. The minimum atomic E-state index is 0.176. The Kier molecular flexibility index (Phi) is 3.80. The predicted molar refractivity (Wildman–Crippen MR) is 64.0 cm³/mol. The van der Waals surface area contributed by atoms with Gasteiger partial charge in [-0.15, -0.1) is 0 Å². The highest BCUT2D eigenvalue weighted by atomic mass is 16.5. The van der Waals surface area contributed by atoms with Crippen molar-refractivity contribution in [2.45, 2.75) is 20.0 Å². The van der Waals surface area contributed by atoms with E-state index in [9.17, 15) is 0 Å². The Balaban J connectivity index is 1.86. The second kappa shape index (κ2) is 5.32. The molecule has 1 aliphatic rings. The van der Waals surface area contributed by atoms with Crippen molar-refractivity contribution in [1.29, 1.82) is 0 Å². The number of hydrogen-bond acceptors (Lipinski definition) is 3. The SMILES string of the molecule is Cc1ccc(OCC2CNCCO2)cc1C. The molecule has 0 radical (unpaired) electrons. The van der Waals surface area contributed by atoms with Crippen LogP contribution in [0.4, 0.5) is 0 Å². The molecule has 1 atom stereocenters. The van der Waals surface area contributed by atoms with Gasteiger partial charge in [-0.2, -0.15) is 0 Å². The van der Waals surface area contributed by atoms with Crippen molar-refractivity contribution in [2.75, 3.05) is 26.3 Å². The van der Waals surface area contributed by atoms with E-state index < -0.39 is 0 Å². The molecule has 0 amide bonds. The minimum absolute atomic E-state index is 0.176. The molecule has 1 heterocycles. The molecule has 0 spiro atoms. The van der Waals surface area contributed by atoms with Gasteiger partial charge in [0.25, 0.3) is 0 Å². The Morgan fingerprint density at radius 3 is 2.94 bits per heavy atom. The second-order valence-electron chi connectivity index (χ2n) is 4.25. The van der Waals surface area contributed by atoms with Crippen LogP contribution >= 0.6 is 0 Å². The molecule has 0 aromatic heterocycles. The smallest absolute Gasteiger partial charge is 0.119 e. The van der Waals surface area contributed by atoms with E-state index in [1.54, 1.807) is 0 Å². The zero-order valence-corrected chi connectivity index (χ0v) is 9.95. The van der Waals surface area contributed by atoms with Crippen LogP contribution in [0.25, 0.3) is 0 Å². The third-order valence-electron chi connectivity index (χ3n) is 2.92. The van der Waals surface area contributed by atoms with Gasteiger partial charge in [0.05, 0.1) is 6.61 Å². The van der Waals surface area contributed by atoms with Crippen LogP contribution in [0.1, 0.15) is 11.1 Å². The van der Waals surface area contributed by atoms with Crippen LogP contribution in [0.2, 0.25) is 0 Å². The molecule has 1 aromatic rings. The zero-order chi connectivity index (χ0) is 11.4. The molecule has 1 fully saturated rings. The molecule has 1 saturated heterocycles. The Hall–Kier alpha value is -1.06. The van der Waals surface area contributed by atoms with Crippen LogP contribution < -0.4 is 10.1 Å². The third kappa shape index (κ3) is 2.97. The van der Waals surface area contributed by atoms with Gasteiger partial charge in [0.15, 0.2) is 0 Å². The number of morpholine rings is 1. The molecule has 3 heteroatoms. The highest BCUT2D eigenvalue weighted by molar-refractivity contribution is 5.33. The van der Waals surface area contributed by atoms with Crippen LogP contribution in [0.3, 0.4) is 0 Å². The fraction of sp³-hybridized carbons (Fsp3) is 0.538. The maximum Gasteiger partial charge on any atom is 0.119 e. The van der Waals surface area contributed by atoms with Crippen molar-refractivity contribution in [2.24, 2.45) is 0 Å². The largest absolute Gasteiger partial charge is 0.491 e. The van der Waals surface area contributed by atoms with Gasteiger partial charge in [-0.05, 0) is 37.1 Å². The fourth-order valence-corrected chi connectivity index (χ4v) is 1.72. The summed E-state index contributed by atoms with van der Waals surface area (Å²) in [5.41, 5.74) is 2.56. The van der Waals surface area contributed by atoms with Crippen LogP contribution in [0, 0.1) is 13.8 Å². The van der Waals surface area contributed by atoms with Crippen molar-refractivity contribution in [3.8, 4) is 5.75 Å². The molecule has 16 heavy (non-hydrogen) atoms. The van der Waals surface area contributed by atoms with Crippen molar-refractivity contribution in [3.05, 3.63) is 29.3 Å². The van der Waals surface area contributed by atoms with Gasteiger partial charge in [-0.25, -0.2) is 0 Å². The molecule has 1 unspecified atom stereocenters. The summed E-state index contributed by atoms with van der Waals surface area (Å²) >= 11 is 0. The van der Waals surface area contributed by atoms with Gasteiger partial charge in [-0.1, -0.05) is 6.07 Å². The fourth-order valence-electron chi connectivity index (χ4n) is 1.72. The standard InChI is InChI=1S/C13H19NO2/c1-10-3-4-12(7-11(10)2)16-9-13-8-14-5-6-15-13/h3-4,7,13-14H,5-6,8-9H2,1-2H3. The topological polar surface area (TPSA) is 30.5 Å². The maximum absolute atomic E-state index is 5.72. The first-order valence-electron chi connectivity index (χ1n) is 5.78. The summed E-state index contributed by atoms with van der Waals surface area (Å²) in [5.74, 6) is 0.928. The summed E-state index contributed by atoms with van der Waals surface area (Å²) in [7, 11) is 0. The van der Waals surface area contributed by atoms with Crippen LogP contribution in [-0.4, -0.2) is 32.4 Å². The number of rotatable bonds is 3. The van der Waals surface area contributed by atoms with Crippen molar-refractivity contribution >= 4 is 0 Å². The Labute approximate surface area is 96.8 Å². The highest BCUT2D eigenvalue weighted by Crippen LogP contribution is 2.16. The molecule has 2 rings (SSSR count). The minimum Gasteiger partial charge on any atom is -0.491 e. The monoisotopic (exact) mass is 221 g/mol. The first-order valence-corrected chi connectivity index (χ1v) is 5.78. The molecule has 88 valence electrons. The van der Waals surface area contributed by atoms with E-state index in [-0.39, 0.29) is 6.10 Å². The maximum atomic E-state index is 5.72. The molecule has 1 aliphatic heterocycles. The summed E-state index contributed by atoms with van der Waals surface area (Å²) in [5, 5.41) is 3.29. The van der Waals surface area contributed by atoms with Crippen molar-refractivity contribution in [1.82, 2.24) is 5.32 Å². The van der Waals surface area contributed by atoms with E-state index in [4.69, 9.17) is 9.47 Å². The lowest BCUT2D eigenvalue weighted by atomic mass is 10.1. The summed E-state index contributed by atoms with van der Waals surface area (Å²) in [6, 6.07) is 6.18. The normalized spacial score (nSPS) is 20.8. The van der Waals surface area contributed by atoms with Gasteiger partial charge in [0.1, 0.15) is 18.5 Å². The van der Waals surface area contributed by atoms with E-state index >= 15 is 0 Å². The molecule has 1 N–H and O–H groups in total. The van der Waals surface area contributed by atoms with E-state index in [0.29, 0.717) is 6.61 Å². The van der Waals surface area contributed by atoms with E-state index in [1.165, 1.54) is 11.1 Å². The predicted octanol–water partition coefficient (Wildman–Crippen LogP) is 1.67. The average molecular weight is 221 g/mol. The molecule has 1 aromatic carbocycles. The first-order chi connectivity index (χ1) is 7.75. The molecule has 0 bridgehead atoms. The number of ether oxygens (including phenoxy) is 2. The van der Waals surface area contributed by atoms with Crippen molar-refractivity contribution < 1.29 is 9.47 Å². The summed E-state index contributed by atoms with van der Waals surface area (Å²) in [6.45, 7) is 7.43. The third-order valence-corrected chi connectivity index (χ3v) is 2.92.